The summed E-state index contributed by atoms with van der Waals surface area (Å²) in [5.74, 6) is 0.769. The highest BCUT2D eigenvalue weighted by Crippen LogP contribution is 2.30. The molecule has 0 heterocycles. The summed E-state index contributed by atoms with van der Waals surface area (Å²) in [5, 5.41) is 0. The highest BCUT2D eigenvalue weighted by Gasteiger charge is 2.29. The average Bonchev–Trinajstić information content (AvgIpc) is 2.38. The molecule has 4 heteroatoms. The lowest BCUT2D eigenvalue weighted by Crippen LogP contribution is -2.28. The van der Waals surface area contributed by atoms with Gasteiger partial charge in [-0.15, -0.1) is 0 Å². The summed E-state index contributed by atoms with van der Waals surface area (Å²) in [7, 11) is 2.91. The van der Waals surface area contributed by atoms with Crippen LogP contribution in [0.1, 0.15) is 25.8 Å². The van der Waals surface area contributed by atoms with Crippen molar-refractivity contribution in [2.75, 3.05) is 14.2 Å². The summed E-state index contributed by atoms with van der Waals surface area (Å²) in [6.45, 7) is 3.80. The SMILES string of the molecule is CCC(C)(OC(=O)OC)c1ccc(OC)cc1. The predicted octanol–water partition coefficient (Wildman–Crippen LogP) is 3.10. The lowest BCUT2D eigenvalue weighted by Gasteiger charge is -2.28. The molecule has 0 aliphatic rings. The van der Waals surface area contributed by atoms with Gasteiger partial charge in [-0.3, -0.25) is 0 Å². The zero-order valence-corrected chi connectivity index (χ0v) is 10.6. The summed E-state index contributed by atoms with van der Waals surface area (Å²) in [6, 6.07) is 7.43. The van der Waals surface area contributed by atoms with E-state index in [1.165, 1.54) is 7.11 Å². The fourth-order valence-corrected chi connectivity index (χ4v) is 1.50. The molecular weight excluding hydrogens is 220 g/mol. The second kappa shape index (κ2) is 5.57. The van der Waals surface area contributed by atoms with Gasteiger partial charge in [0.2, 0.25) is 0 Å². The molecule has 0 bridgehead atoms. The van der Waals surface area contributed by atoms with Gasteiger partial charge in [-0.05, 0) is 31.0 Å². The molecule has 1 unspecified atom stereocenters. The highest BCUT2D eigenvalue weighted by atomic mass is 16.7. The van der Waals surface area contributed by atoms with E-state index < -0.39 is 11.8 Å². The Kier molecular flexibility index (Phi) is 4.37. The van der Waals surface area contributed by atoms with Crippen LogP contribution in [-0.2, 0) is 15.1 Å². The Balaban J connectivity index is 2.94. The molecule has 0 fully saturated rings. The van der Waals surface area contributed by atoms with Gasteiger partial charge >= 0.3 is 6.16 Å². The van der Waals surface area contributed by atoms with Crippen molar-refractivity contribution < 1.29 is 19.0 Å². The topological polar surface area (TPSA) is 44.8 Å². The van der Waals surface area contributed by atoms with Crippen LogP contribution in [-0.4, -0.2) is 20.4 Å². The molecule has 0 aliphatic carbocycles. The number of carbonyl (C=O) groups is 1. The molecule has 17 heavy (non-hydrogen) atoms. The van der Waals surface area contributed by atoms with Gasteiger partial charge in [0.15, 0.2) is 0 Å². The highest BCUT2D eigenvalue weighted by molar-refractivity contribution is 5.60. The Morgan fingerprint density at radius 2 is 1.82 bits per heavy atom. The lowest BCUT2D eigenvalue weighted by molar-refractivity contribution is -0.0227. The Morgan fingerprint density at radius 3 is 2.24 bits per heavy atom. The van der Waals surface area contributed by atoms with Crippen molar-refractivity contribution in [2.24, 2.45) is 0 Å². The van der Waals surface area contributed by atoms with Crippen LogP contribution < -0.4 is 4.74 Å². The number of methoxy groups -OCH3 is 2. The van der Waals surface area contributed by atoms with E-state index in [1.54, 1.807) is 7.11 Å². The minimum Gasteiger partial charge on any atom is -0.497 e. The predicted molar refractivity (Wildman–Crippen MR) is 64.1 cm³/mol. The van der Waals surface area contributed by atoms with Crippen molar-refractivity contribution in [1.29, 1.82) is 0 Å². The van der Waals surface area contributed by atoms with Gasteiger partial charge in [0, 0.05) is 0 Å². The van der Waals surface area contributed by atoms with Gasteiger partial charge < -0.3 is 14.2 Å². The van der Waals surface area contributed by atoms with Crippen molar-refractivity contribution in [2.45, 2.75) is 25.9 Å². The number of rotatable bonds is 4. The molecular formula is C13H18O4. The molecule has 1 atom stereocenters. The van der Waals surface area contributed by atoms with E-state index in [-0.39, 0.29) is 0 Å². The van der Waals surface area contributed by atoms with E-state index in [1.807, 2.05) is 38.1 Å². The van der Waals surface area contributed by atoms with Crippen LogP contribution in [0.25, 0.3) is 0 Å². The third kappa shape index (κ3) is 3.12. The van der Waals surface area contributed by atoms with E-state index in [0.29, 0.717) is 6.42 Å². The lowest BCUT2D eigenvalue weighted by atomic mass is 9.93. The molecule has 0 saturated carbocycles. The molecule has 0 aliphatic heterocycles. The maximum atomic E-state index is 11.2. The standard InChI is InChI=1S/C13H18O4/c1-5-13(2,17-12(14)16-4)10-6-8-11(15-3)9-7-10/h6-9H,5H2,1-4H3. The van der Waals surface area contributed by atoms with E-state index in [0.717, 1.165) is 11.3 Å². The third-order valence-electron chi connectivity index (χ3n) is 2.85. The first-order valence-corrected chi connectivity index (χ1v) is 5.47. The monoisotopic (exact) mass is 238 g/mol. The summed E-state index contributed by atoms with van der Waals surface area (Å²) < 4.78 is 14.9. The van der Waals surface area contributed by atoms with Gasteiger partial charge in [0.1, 0.15) is 11.4 Å². The second-order valence-electron chi connectivity index (χ2n) is 3.87. The molecule has 0 spiro atoms. The number of ether oxygens (including phenoxy) is 3. The van der Waals surface area contributed by atoms with Crippen LogP contribution >= 0.6 is 0 Å². The van der Waals surface area contributed by atoms with E-state index in [4.69, 9.17) is 9.47 Å². The number of benzene rings is 1. The molecule has 1 rings (SSSR count). The van der Waals surface area contributed by atoms with Crippen molar-refractivity contribution in [3.05, 3.63) is 29.8 Å². The minimum atomic E-state index is -0.681. The molecule has 0 aromatic heterocycles. The Morgan fingerprint density at radius 1 is 1.24 bits per heavy atom. The summed E-state index contributed by atoms with van der Waals surface area (Å²) in [5.41, 5.74) is 0.227. The van der Waals surface area contributed by atoms with Gasteiger partial charge in [-0.1, -0.05) is 19.1 Å². The first kappa shape index (κ1) is 13.4. The zero-order chi connectivity index (χ0) is 12.9. The van der Waals surface area contributed by atoms with Crippen LogP contribution in [0.2, 0.25) is 0 Å². The number of carbonyl (C=O) groups excluding carboxylic acids is 1. The van der Waals surface area contributed by atoms with Crippen LogP contribution in [0.4, 0.5) is 4.79 Å². The minimum absolute atomic E-state index is 0.661. The first-order valence-electron chi connectivity index (χ1n) is 5.47. The van der Waals surface area contributed by atoms with Crippen molar-refractivity contribution in [3.63, 3.8) is 0 Å². The van der Waals surface area contributed by atoms with Gasteiger partial charge in [-0.25, -0.2) is 4.79 Å². The smallest absolute Gasteiger partial charge is 0.497 e. The van der Waals surface area contributed by atoms with Gasteiger partial charge in [0.25, 0.3) is 0 Å². The van der Waals surface area contributed by atoms with Crippen molar-refractivity contribution >= 4 is 6.16 Å². The first-order chi connectivity index (χ1) is 8.05. The third-order valence-corrected chi connectivity index (χ3v) is 2.85. The average molecular weight is 238 g/mol. The van der Waals surface area contributed by atoms with Crippen LogP contribution in [0.3, 0.4) is 0 Å². The summed E-state index contributed by atoms with van der Waals surface area (Å²) in [6.07, 6.45) is -0.0146. The molecule has 0 saturated heterocycles. The maximum absolute atomic E-state index is 11.2. The fraction of sp³-hybridized carbons (Fsp3) is 0.462. The van der Waals surface area contributed by atoms with Crippen molar-refractivity contribution in [1.82, 2.24) is 0 Å². The molecule has 1 aromatic carbocycles. The van der Waals surface area contributed by atoms with E-state index in [2.05, 4.69) is 4.74 Å². The summed E-state index contributed by atoms with van der Waals surface area (Å²) >= 11 is 0. The quantitative estimate of drug-likeness (QED) is 0.756. The van der Waals surface area contributed by atoms with Crippen molar-refractivity contribution in [3.8, 4) is 5.75 Å². The molecule has 0 N–H and O–H groups in total. The Hall–Kier alpha value is -1.71. The van der Waals surface area contributed by atoms with Crippen LogP contribution in [0.5, 0.6) is 5.75 Å². The molecule has 0 amide bonds. The normalized spacial score (nSPS) is 13.6. The van der Waals surface area contributed by atoms with E-state index >= 15 is 0 Å². The number of hydrogen-bond acceptors (Lipinski definition) is 4. The number of hydrogen-bond donors (Lipinski definition) is 0. The maximum Gasteiger partial charge on any atom is 0.508 e. The zero-order valence-electron chi connectivity index (χ0n) is 10.6. The van der Waals surface area contributed by atoms with E-state index in [9.17, 15) is 4.79 Å². The second-order valence-corrected chi connectivity index (χ2v) is 3.87. The molecule has 4 nitrogen and oxygen atoms in total. The molecule has 1 aromatic rings. The van der Waals surface area contributed by atoms with Gasteiger partial charge in [-0.2, -0.15) is 0 Å². The fourth-order valence-electron chi connectivity index (χ4n) is 1.50. The molecule has 94 valence electrons. The van der Waals surface area contributed by atoms with Crippen LogP contribution in [0.15, 0.2) is 24.3 Å². The Labute approximate surface area is 101 Å². The Bertz CT molecular complexity index is 372. The van der Waals surface area contributed by atoms with Gasteiger partial charge in [0.05, 0.1) is 14.2 Å². The molecule has 0 radical (unpaired) electrons. The largest absolute Gasteiger partial charge is 0.508 e. The summed E-state index contributed by atoms with van der Waals surface area (Å²) in [4.78, 5) is 11.2. The van der Waals surface area contributed by atoms with Crippen LogP contribution in [0, 0.1) is 0 Å².